The Bertz CT molecular complexity index is 293. The fourth-order valence-corrected chi connectivity index (χ4v) is 2.18. The van der Waals surface area contributed by atoms with E-state index in [0.717, 1.165) is 31.8 Å². The van der Waals surface area contributed by atoms with Crippen LogP contribution in [-0.4, -0.2) is 38.2 Å². The van der Waals surface area contributed by atoms with Crippen LogP contribution in [0.5, 0.6) is 0 Å². The van der Waals surface area contributed by atoms with Crippen LogP contribution < -0.4 is 21.3 Å². The maximum Gasteiger partial charge on any atom is 0.183 e. The molecule has 1 atom stereocenters. The summed E-state index contributed by atoms with van der Waals surface area (Å²) in [4.78, 5) is 4.47. The van der Waals surface area contributed by atoms with Gasteiger partial charge in [-0.25, -0.2) is 0 Å². The van der Waals surface area contributed by atoms with Crippen molar-refractivity contribution in [1.82, 2.24) is 21.3 Å². The summed E-state index contributed by atoms with van der Waals surface area (Å²) in [6, 6.07) is 0.534. The highest BCUT2D eigenvalue weighted by molar-refractivity contribution is 5.73. The lowest BCUT2D eigenvalue weighted by Crippen LogP contribution is -2.60. The monoisotopic (exact) mass is 223 g/mol. The molecule has 1 unspecified atom stereocenters. The third-order valence-corrected chi connectivity index (χ3v) is 3.05. The zero-order valence-electron chi connectivity index (χ0n) is 10.0. The van der Waals surface area contributed by atoms with Crippen LogP contribution in [0.15, 0.2) is 16.9 Å². The quantitative estimate of drug-likeness (QED) is 0.532. The van der Waals surface area contributed by atoms with E-state index in [1.54, 1.807) is 0 Å². The molecule has 0 spiro atoms. The van der Waals surface area contributed by atoms with Crippen molar-refractivity contribution in [1.29, 1.82) is 0 Å². The van der Waals surface area contributed by atoms with Gasteiger partial charge in [-0.2, -0.15) is 0 Å². The van der Waals surface area contributed by atoms with E-state index in [2.05, 4.69) is 33.2 Å². The molecule has 4 N–H and O–H groups in total. The molecule has 2 rings (SSSR count). The molecule has 0 aliphatic carbocycles. The third kappa shape index (κ3) is 2.74. The van der Waals surface area contributed by atoms with Crippen LogP contribution in [0.1, 0.15) is 19.8 Å². The Morgan fingerprint density at radius 3 is 2.88 bits per heavy atom. The van der Waals surface area contributed by atoms with Crippen LogP contribution in [0.4, 0.5) is 0 Å². The van der Waals surface area contributed by atoms with Gasteiger partial charge in [0, 0.05) is 19.3 Å². The molecule has 0 radical (unpaired) electrons. The lowest BCUT2D eigenvalue weighted by Gasteiger charge is -2.37. The van der Waals surface area contributed by atoms with E-state index in [0.29, 0.717) is 6.04 Å². The van der Waals surface area contributed by atoms with Crippen LogP contribution in [0, 0.1) is 0 Å². The molecular weight excluding hydrogens is 202 g/mol. The van der Waals surface area contributed by atoms with Crippen molar-refractivity contribution in [3.63, 3.8) is 0 Å². The highest BCUT2D eigenvalue weighted by Gasteiger charge is 2.28. The smallest absolute Gasteiger partial charge is 0.183 e. The van der Waals surface area contributed by atoms with E-state index in [1.165, 1.54) is 0 Å². The Morgan fingerprint density at radius 2 is 2.19 bits per heavy atom. The molecule has 1 saturated heterocycles. The molecule has 16 heavy (non-hydrogen) atoms. The van der Waals surface area contributed by atoms with Gasteiger partial charge in [0.15, 0.2) is 5.79 Å². The molecule has 1 fully saturated rings. The standard InChI is InChI=1S/C11H21N5/c1-11(14-8-5-10(12-2)16-11)15-9-3-6-13-7-4-9/h5,8-9,12-13,15-16H,3-4,6-7H2,1-2H3. The molecule has 0 aromatic rings. The minimum Gasteiger partial charge on any atom is -0.375 e. The number of rotatable bonds is 3. The fourth-order valence-electron chi connectivity index (χ4n) is 2.18. The first-order valence-corrected chi connectivity index (χ1v) is 5.92. The number of piperidine rings is 1. The number of hydrogen-bond donors (Lipinski definition) is 4. The largest absolute Gasteiger partial charge is 0.375 e. The van der Waals surface area contributed by atoms with E-state index < -0.39 is 0 Å². The predicted molar refractivity (Wildman–Crippen MR) is 66.2 cm³/mol. The van der Waals surface area contributed by atoms with E-state index >= 15 is 0 Å². The molecule has 0 saturated carbocycles. The number of aliphatic imine (C=N–C) groups is 1. The maximum absolute atomic E-state index is 4.47. The normalized spacial score (nSPS) is 30.8. The summed E-state index contributed by atoms with van der Waals surface area (Å²) >= 11 is 0. The van der Waals surface area contributed by atoms with Gasteiger partial charge in [-0.05, 0) is 38.9 Å². The van der Waals surface area contributed by atoms with Crippen molar-refractivity contribution < 1.29 is 0 Å². The van der Waals surface area contributed by atoms with Gasteiger partial charge in [0.25, 0.3) is 0 Å². The second kappa shape index (κ2) is 4.84. The topological polar surface area (TPSA) is 60.5 Å². The summed E-state index contributed by atoms with van der Waals surface area (Å²) < 4.78 is 0. The van der Waals surface area contributed by atoms with Crippen LogP contribution in [0.3, 0.4) is 0 Å². The average molecular weight is 223 g/mol. The molecule has 2 heterocycles. The van der Waals surface area contributed by atoms with E-state index in [-0.39, 0.29) is 5.79 Å². The molecule has 2 aliphatic heterocycles. The van der Waals surface area contributed by atoms with Crippen molar-refractivity contribution in [2.45, 2.75) is 31.6 Å². The van der Waals surface area contributed by atoms with Gasteiger partial charge in [0.1, 0.15) is 5.82 Å². The van der Waals surface area contributed by atoms with Crippen molar-refractivity contribution >= 4 is 6.21 Å². The highest BCUT2D eigenvalue weighted by atomic mass is 15.4. The van der Waals surface area contributed by atoms with E-state index in [9.17, 15) is 0 Å². The van der Waals surface area contributed by atoms with Crippen LogP contribution in [0.2, 0.25) is 0 Å². The van der Waals surface area contributed by atoms with Crippen molar-refractivity contribution in [2.75, 3.05) is 20.1 Å². The zero-order chi connectivity index (χ0) is 11.4. The Balaban J connectivity index is 1.93. The van der Waals surface area contributed by atoms with Crippen molar-refractivity contribution in [3.05, 3.63) is 11.9 Å². The Kier molecular flexibility index (Phi) is 3.46. The van der Waals surface area contributed by atoms with Crippen LogP contribution >= 0.6 is 0 Å². The molecule has 90 valence electrons. The summed E-state index contributed by atoms with van der Waals surface area (Å²) in [5.41, 5.74) is 0. The van der Waals surface area contributed by atoms with Gasteiger partial charge in [-0.15, -0.1) is 0 Å². The number of hydrogen-bond acceptors (Lipinski definition) is 5. The summed E-state index contributed by atoms with van der Waals surface area (Å²) in [5, 5.41) is 13.4. The Hall–Kier alpha value is -1.07. The van der Waals surface area contributed by atoms with Gasteiger partial charge in [0.05, 0.1) is 0 Å². The van der Waals surface area contributed by atoms with Crippen LogP contribution in [0.25, 0.3) is 0 Å². The van der Waals surface area contributed by atoms with Crippen molar-refractivity contribution in [3.8, 4) is 0 Å². The van der Waals surface area contributed by atoms with Crippen molar-refractivity contribution in [2.24, 2.45) is 4.99 Å². The number of nitrogens with one attached hydrogen (secondary N) is 4. The molecule has 0 aromatic carbocycles. The minimum absolute atomic E-state index is 0.380. The molecule has 2 aliphatic rings. The minimum atomic E-state index is -0.380. The Morgan fingerprint density at radius 1 is 1.44 bits per heavy atom. The summed E-state index contributed by atoms with van der Waals surface area (Å²) in [5.74, 6) is 0.619. The predicted octanol–water partition coefficient (Wildman–Crippen LogP) is -0.263. The molecule has 0 amide bonds. The first-order valence-electron chi connectivity index (χ1n) is 5.92. The fraction of sp³-hybridized carbons (Fsp3) is 0.727. The number of nitrogens with zero attached hydrogens (tertiary/aromatic N) is 1. The zero-order valence-corrected chi connectivity index (χ0v) is 10.0. The molecule has 5 nitrogen and oxygen atoms in total. The first kappa shape index (κ1) is 11.4. The number of allylic oxidation sites excluding steroid dienone is 1. The second-order valence-corrected chi connectivity index (χ2v) is 4.47. The maximum atomic E-state index is 4.47. The average Bonchev–Trinajstić information content (AvgIpc) is 2.29. The first-order chi connectivity index (χ1) is 7.72. The molecule has 5 heteroatoms. The van der Waals surface area contributed by atoms with E-state index in [1.807, 2.05) is 19.3 Å². The van der Waals surface area contributed by atoms with Gasteiger partial charge in [0.2, 0.25) is 0 Å². The SMILES string of the molecule is CNC1=CC=NC(C)(NC2CCNCC2)N1. The van der Waals surface area contributed by atoms with E-state index in [4.69, 9.17) is 0 Å². The van der Waals surface area contributed by atoms with Gasteiger partial charge in [-0.3, -0.25) is 10.3 Å². The Labute approximate surface area is 96.8 Å². The molecule has 0 aromatic heterocycles. The molecular formula is C11H21N5. The lowest BCUT2D eigenvalue weighted by atomic mass is 10.1. The summed E-state index contributed by atoms with van der Waals surface area (Å²) in [7, 11) is 1.91. The van der Waals surface area contributed by atoms with Gasteiger partial charge in [-0.1, -0.05) is 0 Å². The highest BCUT2D eigenvalue weighted by Crippen LogP contribution is 2.12. The summed E-state index contributed by atoms with van der Waals surface area (Å²) in [6.45, 7) is 4.24. The lowest BCUT2D eigenvalue weighted by molar-refractivity contribution is 0.244. The second-order valence-electron chi connectivity index (χ2n) is 4.47. The third-order valence-electron chi connectivity index (χ3n) is 3.05. The van der Waals surface area contributed by atoms with Gasteiger partial charge < -0.3 is 16.0 Å². The summed E-state index contributed by atoms with van der Waals surface area (Å²) in [6.07, 6.45) is 6.10. The van der Waals surface area contributed by atoms with Gasteiger partial charge >= 0.3 is 0 Å². The molecule has 0 bridgehead atoms. The van der Waals surface area contributed by atoms with Crippen LogP contribution in [-0.2, 0) is 0 Å².